The van der Waals surface area contributed by atoms with Crippen molar-refractivity contribution in [2.45, 2.75) is 6.92 Å². The summed E-state index contributed by atoms with van der Waals surface area (Å²) >= 11 is 0. The van der Waals surface area contributed by atoms with Crippen LogP contribution in [0.1, 0.15) is 6.92 Å². The maximum Gasteiger partial charge on any atom is 0.332 e. The number of carbonyl (C=O) groups excluding carboxylic acids is 1. The third-order valence-corrected chi connectivity index (χ3v) is 1.62. The van der Waals surface area contributed by atoms with E-state index in [0.29, 0.717) is 33.0 Å². The molecule has 0 aromatic heterocycles. The van der Waals surface area contributed by atoms with Crippen LogP contribution in [0.15, 0.2) is 0 Å². The Morgan fingerprint density at radius 3 is 1.95 bits per heavy atom. The van der Waals surface area contributed by atoms with Crippen LogP contribution in [0, 0.1) is 0 Å². The van der Waals surface area contributed by atoms with Gasteiger partial charge in [0, 0.05) is 14.2 Å². The molecule has 0 atom stereocenters. The first kappa shape index (κ1) is 20.6. The highest BCUT2D eigenvalue weighted by Gasteiger charge is 1.98. The first-order valence-corrected chi connectivity index (χ1v) is 6.12. The van der Waals surface area contributed by atoms with Crippen LogP contribution in [-0.4, -0.2) is 78.2 Å². The second-order valence-corrected chi connectivity index (χ2v) is 3.18. The molecular weight excluding hydrogens is 256 g/mol. The molecule has 0 unspecified atom stereocenters. The van der Waals surface area contributed by atoms with E-state index in [1.165, 1.54) is 0 Å². The van der Waals surface area contributed by atoms with Crippen LogP contribution in [-0.2, 0) is 28.5 Å². The van der Waals surface area contributed by atoms with E-state index in [0.717, 1.165) is 0 Å². The summed E-state index contributed by atoms with van der Waals surface area (Å²) in [5, 5.41) is 8.23. The molecule has 19 heavy (non-hydrogen) atoms. The zero-order valence-electron chi connectivity index (χ0n) is 12.1. The highest BCUT2D eigenvalue weighted by molar-refractivity contribution is 5.70. The number of hydrogen-bond acceptors (Lipinski definition) is 7. The number of methoxy groups -OCH3 is 2. The van der Waals surface area contributed by atoms with Gasteiger partial charge in [0.1, 0.15) is 6.61 Å². The number of ether oxygens (including phenoxy) is 5. The SMILES string of the molecule is CCOC(=O)COCCO.COCCOCCOC. The predicted molar refractivity (Wildman–Crippen MR) is 69.1 cm³/mol. The van der Waals surface area contributed by atoms with Crippen LogP contribution >= 0.6 is 0 Å². The molecule has 0 bridgehead atoms. The molecule has 116 valence electrons. The summed E-state index contributed by atoms with van der Waals surface area (Å²) in [5.74, 6) is -0.393. The van der Waals surface area contributed by atoms with E-state index in [4.69, 9.17) is 19.3 Å². The van der Waals surface area contributed by atoms with Gasteiger partial charge in [0.25, 0.3) is 0 Å². The lowest BCUT2D eigenvalue weighted by molar-refractivity contribution is -0.148. The van der Waals surface area contributed by atoms with Crippen molar-refractivity contribution in [3.8, 4) is 0 Å². The molecule has 0 aromatic rings. The fourth-order valence-corrected chi connectivity index (χ4v) is 0.809. The normalized spacial score (nSPS) is 9.68. The van der Waals surface area contributed by atoms with E-state index in [1.54, 1.807) is 21.1 Å². The third-order valence-electron chi connectivity index (χ3n) is 1.62. The summed E-state index contributed by atoms with van der Waals surface area (Å²) in [7, 11) is 3.30. The number of esters is 1. The van der Waals surface area contributed by atoms with Crippen LogP contribution in [0.5, 0.6) is 0 Å². The molecule has 1 N–H and O–H groups in total. The lowest BCUT2D eigenvalue weighted by Crippen LogP contribution is -2.13. The predicted octanol–water partition coefficient (Wildman–Crippen LogP) is -0.146. The molecule has 0 saturated carbocycles. The van der Waals surface area contributed by atoms with Crippen molar-refractivity contribution in [3.05, 3.63) is 0 Å². The molecule has 0 radical (unpaired) electrons. The molecule has 0 heterocycles. The number of aliphatic hydroxyl groups excluding tert-OH is 1. The Labute approximate surface area is 114 Å². The van der Waals surface area contributed by atoms with Crippen LogP contribution < -0.4 is 0 Å². The van der Waals surface area contributed by atoms with Gasteiger partial charge in [-0.1, -0.05) is 0 Å². The van der Waals surface area contributed by atoms with Gasteiger partial charge >= 0.3 is 5.97 Å². The standard InChI is InChI=1S/C6H12O4.C6H14O3/c1-2-10-6(8)5-9-4-3-7;1-7-3-5-9-6-4-8-2/h7H,2-5H2,1H3;3-6H2,1-2H3. The lowest BCUT2D eigenvalue weighted by Gasteiger charge is -2.00. The molecule has 0 aliphatic rings. The van der Waals surface area contributed by atoms with E-state index in [-0.39, 0.29) is 19.8 Å². The van der Waals surface area contributed by atoms with Gasteiger partial charge in [-0.2, -0.15) is 0 Å². The number of carbonyl (C=O) groups is 1. The average Bonchev–Trinajstić information content (AvgIpc) is 2.40. The summed E-state index contributed by atoms with van der Waals surface area (Å²) in [6.07, 6.45) is 0. The van der Waals surface area contributed by atoms with Gasteiger partial charge in [-0.05, 0) is 6.92 Å². The summed E-state index contributed by atoms with van der Waals surface area (Å²) in [4.78, 5) is 10.5. The van der Waals surface area contributed by atoms with Crippen molar-refractivity contribution in [1.29, 1.82) is 0 Å². The van der Waals surface area contributed by atoms with Gasteiger partial charge < -0.3 is 28.8 Å². The fourth-order valence-electron chi connectivity index (χ4n) is 0.809. The second-order valence-electron chi connectivity index (χ2n) is 3.18. The van der Waals surface area contributed by atoms with E-state index >= 15 is 0 Å². The fraction of sp³-hybridized carbons (Fsp3) is 0.917. The number of aliphatic hydroxyl groups is 1. The molecule has 0 rings (SSSR count). The monoisotopic (exact) mass is 282 g/mol. The van der Waals surface area contributed by atoms with Crippen LogP contribution in [0.25, 0.3) is 0 Å². The van der Waals surface area contributed by atoms with Gasteiger partial charge in [-0.25, -0.2) is 4.79 Å². The van der Waals surface area contributed by atoms with Gasteiger partial charge in [0.2, 0.25) is 0 Å². The molecular formula is C12H26O7. The smallest absolute Gasteiger partial charge is 0.332 e. The first-order chi connectivity index (χ1) is 9.22. The Hall–Kier alpha value is -0.730. The summed E-state index contributed by atoms with van der Waals surface area (Å²) in [6.45, 7) is 4.74. The third kappa shape index (κ3) is 22.9. The second kappa shape index (κ2) is 19.6. The van der Waals surface area contributed by atoms with Crippen molar-refractivity contribution in [2.75, 3.05) is 67.1 Å². The number of hydrogen-bond donors (Lipinski definition) is 1. The van der Waals surface area contributed by atoms with E-state index in [9.17, 15) is 4.79 Å². The minimum atomic E-state index is -0.393. The van der Waals surface area contributed by atoms with E-state index in [1.807, 2.05) is 0 Å². The molecule has 0 saturated heterocycles. The highest BCUT2D eigenvalue weighted by atomic mass is 16.6. The van der Waals surface area contributed by atoms with Crippen molar-refractivity contribution in [2.24, 2.45) is 0 Å². The highest BCUT2D eigenvalue weighted by Crippen LogP contribution is 1.79. The largest absolute Gasteiger partial charge is 0.464 e. The Bertz CT molecular complexity index is 169. The zero-order valence-corrected chi connectivity index (χ0v) is 12.1. The molecule has 0 aromatic carbocycles. The van der Waals surface area contributed by atoms with E-state index in [2.05, 4.69) is 9.47 Å². The maximum atomic E-state index is 10.5. The maximum absolute atomic E-state index is 10.5. The Morgan fingerprint density at radius 1 is 0.947 bits per heavy atom. The van der Waals surface area contributed by atoms with Gasteiger partial charge in [0.05, 0.1) is 46.2 Å². The molecule has 7 heteroatoms. The Morgan fingerprint density at radius 2 is 1.53 bits per heavy atom. The molecule has 0 fully saturated rings. The minimum absolute atomic E-state index is 0.0700. The van der Waals surface area contributed by atoms with Crippen molar-refractivity contribution < 1.29 is 33.6 Å². The van der Waals surface area contributed by atoms with Gasteiger partial charge in [0.15, 0.2) is 0 Å². The zero-order chi connectivity index (χ0) is 14.8. The van der Waals surface area contributed by atoms with Crippen LogP contribution in [0.2, 0.25) is 0 Å². The van der Waals surface area contributed by atoms with Crippen molar-refractivity contribution >= 4 is 5.97 Å². The van der Waals surface area contributed by atoms with Crippen LogP contribution in [0.3, 0.4) is 0 Å². The molecule has 0 aliphatic carbocycles. The molecule has 0 spiro atoms. The summed E-state index contributed by atoms with van der Waals surface area (Å²) in [6, 6.07) is 0. The molecule has 0 aliphatic heterocycles. The summed E-state index contributed by atoms with van der Waals surface area (Å²) in [5.41, 5.74) is 0. The van der Waals surface area contributed by atoms with E-state index < -0.39 is 5.97 Å². The van der Waals surface area contributed by atoms with Crippen molar-refractivity contribution in [1.82, 2.24) is 0 Å². The topological polar surface area (TPSA) is 83.5 Å². The summed E-state index contributed by atoms with van der Waals surface area (Å²) < 4.78 is 23.8. The van der Waals surface area contributed by atoms with Gasteiger partial charge in [-0.3, -0.25) is 0 Å². The lowest BCUT2D eigenvalue weighted by atomic mass is 10.7. The Balaban J connectivity index is 0. The average molecular weight is 282 g/mol. The van der Waals surface area contributed by atoms with Crippen LogP contribution in [0.4, 0.5) is 0 Å². The Kier molecular flexibility index (Phi) is 21.2. The quantitative estimate of drug-likeness (QED) is 0.417. The van der Waals surface area contributed by atoms with Crippen molar-refractivity contribution in [3.63, 3.8) is 0 Å². The molecule has 0 amide bonds. The molecule has 7 nitrogen and oxygen atoms in total. The first-order valence-electron chi connectivity index (χ1n) is 6.12. The number of rotatable bonds is 11. The minimum Gasteiger partial charge on any atom is -0.464 e. The van der Waals surface area contributed by atoms with Gasteiger partial charge in [-0.15, -0.1) is 0 Å².